The zero-order valence-electron chi connectivity index (χ0n) is 18.2. The number of aryl methyl sites for hydroxylation is 1. The van der Waals surface area contributed by atoms with Crippen molar-refractivity contribution in [1.29, 1.82) is 0 Å². The highest BCUT2D eigenvalue weighted by Gasteiger charge is 2.14. The molecule has 0 unspecified atom stereocenters. The number of unbranched alkanes of at least 4 members (excludes halogenated alkanes) is 4. The van der Waals surface area contributed by atoms with E-state index in [1.54, 1.807) is 0 Å². The van der Waals surface area contributed by atoms with Crippen LogP contribution in [0.15, 0.2) is 47.2 Å². The van der Waals surface area contributed by atoms with E-state index < -0.39 is 0 Å². The van der Waals surface area contributed by atoms with Crippen LogP contribution in [-0.2, 0) is 6.54 Å². The summed E-state index contributed by atoms with van der Waals surface area (Å²) in [5, 5.41) is 7.71. The van der Waals surface area contributed by atoms with Gasteiger partial charge in [0.1, 0.15) is 0 Å². The van der Waals surface area contributed by atoms with Crippen LogP contribution >= 0.6 is 22.7 Å². The zero-order valence-corrected chi connectivity index (χ0v) is 19.8. The Morgan fingerprint density at radius 1 is 0.750 bits per heavy atom. The maximum atomic E-state index is 5.89. The first kappa shape index (κ1) is 21.0. The number of nitrogens with zero attached hydrogens (tertiary/aromatic N) is 3. The van der Waals surface area contributed by atoms with E-state index in [9.17, 15) is 0 Å². The van der Waals surface area contributed by atoms with Gasteiger partial charge in [0.2, 0.25) is 0 Å². The van der Waals surface area contributed by atoms with Gasteiger partial charge in [-0.2, -0.15) is 0 Å². The van der Waals surface area contributed by atoms with Crippen LogP contribution in [0.25, 0.3) is 44.3 Å². The van der Waals surface area contributed by atoms with Gasteiger partial charge >= 0.3 is 0 Å². The fraction of sp³-hybridized carbons (Fsp3) is 0.280. The molecule has 0 saturated carbocycles. The lowest BCUT2D eigenvalue weighted by atomic mass is 10.1. The van der Waals surface area contributed by atoms with Crippen molar-refractivity contribution in [3.63, 3.8) is 0 Å². The molecule has 0 aliphatic rings. The molecule has 164 valence electrons. The zero-order chi connectivity index (χ0) is 22.1. The summed E-state index contributed by atoms with van der Waals surface area (Å²) >= 11 is 2.95. The van der Waals surface area contributed by atoms with Crippen molar-refractivity contribution in [1.82, 2.24) is 14.5 Å². The molecule has 0 saturated heterocycles. The van der Waals surface area contributed by atoms with E-state index in [-0.39, 0.29) is 0 Å². The minimum atomic E-state index is 0.595. The number of aromatic nitrogens is 3. The maximum absolute atomic E-state index is 5.89. The molecule has 5 aromatic rings. The summed E-state index contributed by atoms with van der Waals surface area (Å²) in [6, 6.07) is 13.3. The topological polar surface area (TPSA) is 82.8 Å². The number of fused-ring (bicyclic) bond motifs is 3. The predicted octanol–water partition coefficient (Wildman–Crippen LogP) is 7.18. The van der Waals surface area contributed by atoms with Crippen LogP contribution < -0.4 is 11.5 Å². The smallest absolute Gasteiger partial charge is 0.180 e. The number of hydrogen-bond acceptors (Lipinski definition) is 6. The van der Waals surface area contributed by atoms with Gasteiger partial charge in [-0.25, -0.2) is 9.97 Å². The largest absolute Gasteiger partial charge is 0.375 e. The van der Waals surface area contributed by atoms with Crippen LogP contribution in [0.2, 0.25) is 0 Å². The molecule has 0 amide bonds. The molecule has 0 aliphatic heterocycles. The van der Waals surface area contributed by atoms with E-state index >= 15 is 0 Å². The van der Waals surface area contributed by atoms with Crippen LogP contribution in [0.3, 0.4) is 0 Å². The standard InChI is InChI=1S/C25H27N5S2/c1-2-3-4-5-6-11-30-22-9-7-16(20-14-31-24(26)28-20)12-18(22)19-13-17(8-10-23(19)30)21-15-32-25(27)29-21/h7-10,12-15H,2-6,11H2,1H3,(H2,26,28)(H2,27,29). The Kier molecular flexibility index (Phi) is 5.85. The first-order valence-corrected chi connectivity index (χ1v) is 12.9. The van der Waals surface area contributed by atoms with E-state index in [4.69, 9.17) is 11.5 Å². The summed E-state index contributed by atoms with van der Waals surface area (Å²) in [4.78, 5) is 8.98. The lowest BCUT2D eigenvalue weighted by molar-refractivity contribution is 0.584. The normalized spacial score (nSPS) is 11.7. The summed E-state index contributed by atoms with van der Waals surface area (Å²) in [5.41, 5.74) is 18.3. The number of rotatable bonds is 8. The van der Waals surface area contributed by atoms with Crippen LogP contribution in [0.5, 0.6) is 0 Å². The molecule has 0 fully saturated rings. The van der Waals surface area contributed by atoms with Gasteiger partial charge < -0.3 is 16.0 Å². The fourth-order valence-corrected chi connectivity index (χ4v) is 5.52. The maximum Gasteiger partial charge on any atom is 0.180 e. The second-order valence-electron chi connectivity index (χ2n) is 8.17. The lowest BCUT2D eigenvalue weighted by Crippen LogP contribution is -1.98. The Morgan fingerprint density at radius 2 is 1.28 bits per heavy atom. The monoisotopic (exact) mass is 461 g/mol. The minimum absolute atomic E-state index is 0.595. The highest BCUT2D eigenvalue weighted by Crippen LogP contribution is 2.36. The van der Waals surface area contributed by atoms with Crippen molar-refractivity contribution in [2.24, 2.45) is 0 Å². The van der Waals surface area contributed by atoms with Crippen molar-refractivity contribution in [2.75, 3.05) is 11.5 Å². The van der Waals surface area contributed by atoms with Crippen molar-refractivity contribution in [2.45, 2.75) is 45.6 Å². The van der Waals surface area contributed by atoms with E-state index in [1.807, 2.05) is 10.8 Å². The Balaban J connectivity index is 1.62. The minimum Gasteiger partial charge on any atom is -0.375 e. The van der Waals surface area contributed by atoms with Gasteiger partial charge in [-0.1, -0.05) is 44.7 Å². The highest BCUT2D eigenvalue weighted by molar-refractivity contribution is 7.14. The van der Waals surface area contributed by atoms with Crippen LogP contribution in [0, 0.1) is 0 Å². The Hall–Kier alpha value is -2.90. The predicted molar refractivity (Wildman–Crippen MR) is 139 cm³/mol. The molecule has 5 rings (SSSR count). The Labute approximate surface area is 195 Å². The van der Waals surface area contributed by atoms with Gasteiger partial charge in [0.15, 0.2) is 10.3 Å². The molecule has 0 spiro atoms. The van der Waals surface area contributed by atoms with Crippen molar-refractivity contribution in [3.8, 4) is 22.5 Å². The van der Waals surface area contributed by atoms with Crippen LogP contribution in [0.1, 0.15) is 39.0 Å². The quantitative estimate of drug-likeness (QED) is 0.240. The number of anilines is 2. The highest BCUT2D eigenvalue weighted by atomic mass is 32.1. The molecule has 0 radical (unpaired) electrons. The Bertz CT molecular complexity index is 1280. The summed E-state index contributed by atoms with van der Waals surface area (Å²) in [7, 11) is 0. The van der Waals surface area contributed by atoms with Gasteiger partial charge in [0, 0.05) is 50.2 Å². The van der Waals surface area contributed by atoms with Crippen molar-refractivity contribution in [3.05, 3.63) is 47.2 Å². The van der Waals surface area contributed by atoms with Crippen molar-refractivity contribution < 1.29 is 0 Å². The molecular weight excluding hydrogens is 434 g/mol. The number of hydrogen-bond donors (Lipinski definition) is 2. The number of thiazole rings is 2. The van der Waals surface area contributed by atoms with E-state index in [0.29, 0.717) is 10.3 Å². The molecule has 2 aromatic carbocycles. The van der Waals surface area contributed by atoms with Gasteiger partial charge in [-0.05, 0) is 30.7 Å². The molecule has 7 heteroatoms. The fourth-order valence-electron chi connectivity index (χ4n) is 4.38. The molecular formula is C25H27N5S2. The number of nitrogens with two attached hydrogens (primary N) is 2. The third-order valence-electron chi connectivity index (χ3n) is 5.99. The average molecular weight is 462 g/mol. The molecule has 3 heterocycles. The van der Waals surface area contributed by atoms with E-state index in [2.05, 4.69) is 57.9 Å². The third kappa shape index (κ3) is 3.98. The molecule has 3 aromatic heterocycles. The lowest BCUT2D eigenvalue weighted by Gasteiger charge is -2.08. The second-order valence-corrected chi connectivity index (χ2v) is 9.95. The summed E-state index contributed by atoms with van der Waals surface area (Å²) in [6.07, 6.45) is 6.34. The SMILES string of the molecule is CCCCCCCn1c2ccc(-c3csc(N)n3)cc2c2cc(-c3csc(N)n3)ccc21. The Morgan fingerprint density at radius 3 is 1.75 bits per heavy atom. The first-order chi connectivity index (χ1) is 15.6. The molecule has 0 atom stereocenters. The van der Waals surface area contributed by atoms with Gasteiger partial charge in [0.05, 0.1) is 11.4 Å². The van der Waals surface area contributed by atoms with Crippen LogP contribution in [-0.4, -0.2) is 14.5 Å². The summed E-state index contributed by atoms with van der Waals surface area (Å²) < 4.78 is 2.47. The van der Waals surface area contributed by atoms with Gasteiger partial charge in [-0.3, -0.25) is 0 Å². The number of nitrogen functional groups attached to an aromatic ring is 2. The molecule has 4 N–H and O–H groups in total. The molecule has 5 nitrogen and oxygen atoms in total. The van der Waals surface area contributed by atoms with Crippen LogP contribution in [0.4, 0.5) is 10.3 Å². The second kappa shape index (κ2) is 8.92. The van der Waals surface area contributed by atoms with E-state index in [1.165, 1.54) is 76.6 Å². The van der Waals surface area contributed by atoms with Crippen molar-refractivity contribution >= 4 is 54.7 Å². The summed E-state index contributed by atoms with van der Waals surface area (Å²) in [5.74, 6) is 0. The molecule has 0 bridgehead atoms. The van der Waals surface area contributed by atoms with Gasteiger partial charge in [0.25, 0.3) is 0 Å². The third-order valence-corrected chi connectivity index (χ3v) is 7.33. The molecule has 0 aliphatic carbocycles. The van der Waals surface area contributed by atoms with Gasteiger partial charge in [-0.15, -0.1) is 22.7 Å². The van der Waals surface area contributed by atoms with E-state index in [0.717, 1.165) is 29.1 Å². The number of benzene rings is 2. The summed E-state index contributed by atoms with van der Waals surface area (Å²) in [6.45, 7) is 3.28. The molecule has 32 heavy (non-hydrogen) atoms. The first-order valence-electron chi connectivity index (χ1n) is 11.1. The average Bonchev–Trinajstić information content (AvgIpc) is 3.51.